The quantitative estimate of drug-likeness (QED) is 0.820. The monoisotopic (exact) mass is 268 g/mol. The molecule has 0 aromatic carbocycles. The van der Waals surface area contributed by atoms with Crippen LogP contribution in [0.15, 0.2) is 18.3 Å². The molecule has 0 bridgehead atoms. The molecular formula is C12H13ClN2O3. The lowest BCUT2D eigenvalue weighted by atomic mass is 9.97. The van der Waals surface area contributed by atoms with Gasteiger partial charge in [-0.3, -0.25) is 4.79 Å². The predicted molar refractivity (Wildman–Crippen MR) is 65.5 cm³/mol. The summed E-state index contributed by atoms with van der Waals surface area (Å²) < 4.78 is 0. The molecule has 6 heteroatoms. The molecule has 1 saturated carbocycles. The average Bonchev–Trinajstić information content (AvgIpc) is 2.79. The number of carbonyl (C=O) groups excluding carboxylic acids is 1. The van der Waals surface area contributed by atoms with Crippen molar-refractivity contribution < 1.29 is 14.7 Å². The largest absolute Gasteiger partial charge is 0.480 e. The Kier molecular flexibility index (Phi) is 3.52. The van der Waals surface area contributed by atoms with Crippen LogP contribution >= 0.6 is 11.6 Å². The number of carboxylic acid groups (broad SMARTS) is 1. The van der Waals surface area contributed by atoms with Crippen molar-refractivity contribution in [2.75, 3.05) is 0 Å². The number of nitrogens with one attached hydrogen (secondary N) is 1. The SMILES string of the molecule is O=C(NC1(C(=O)O)CCCC1)c1ccc(Cl)nc1. The third kappa shape index (κ3) is 2.46. The van der Waals surface area contributed by atoms with Crippen molar-refractivity contribution in [3.05, 3.63) is 29.0 Å². The van der Waals surface area contributed by atoms with Gasteiger partial charge in [0.2, 0.25) is 0 Å². The van der Waals surface area contributed by atoms with Gasteiger partial charge in [-0.2, -0.15) is 0 Å². The first-order valence-corrected chi connectivity index (χ1v) is 6.09. The second-order valence-corrected chi connectivity index (χ2v) is 4.81. The maximum absolute atomic E-state index is 12.0. The Morgan fingerprint density at radius 3 is 2.50 bits per heavy atom. The molecule has 2 N–H and O–H groups in total. The van der Waals surface area contributed by atoms with Crippen LogP contribution in [-0.4, -0.2) is 27.5 Å². The molecule has 5 nitrogen and oxygen atoms in total. The van der Waals surface area contributed by atoms with Gasteiger partial charge in [0.05, 0.1) is 5.56 Å². The van der Waals surface area contributed by atoms with E-state index in [2.05, 4.69) is 10.3 Å². The molecule has 0 unspecified atom stereocenters. The summed E-state index contributed by atoms with van der Waals surface area (Å²) in [6.45, 7) is 0. The number of carboxylic acids is 1. The van der Waals surface area contributed by atoms with Gasteiger partial charge in [-0.15, -0.1) is 0 Å². The summed E-state index contributed by atoms with van der Waals surface area (Å²) in [7, 11) is 0. The van der Waals surface area contributed by atoms with Crippen LogP contribution in [0.3, 0.4) is 0 Å². The van der Waals surface area contributed by atoms with E-state index in [1.807, 2.05) is 0 Å². The number of amides is 1. The molecule has 2 rings (SSSR count). The Morgan fingerprint density at radius 1 is 1.33 bits per heavy atom. The average molecular weight is 269 g/mol. The van der Waals surface area contributed by atoms with Crippen LogP contribution < -0.4 is 5.32 Å². The zero-order valence-corrected chi connectivity index (χ0v) is 10.4. The highest BCUT2D eigenvalue weighted by Crippen LogP contribution is 2.30. The number of hydrogen-bond acceptors (Lipinski definition) is 3. The van der Waals surface area contributed by atoms with Gasteiger partial charge in [0, 0.05) is 6.20 Å². The van der Waals surface area contributed by atoms with Crippen LogP contribution in [0.2, 0.25) is 5.15 Å². The fourth-order valence-electron chi connectivity index (χ4n) is 2.17. The number of aliphatic carboxylic acids is 1. The van der Waals surface area contributed by atoms with Gasteiger partial charge < -0.3 is 10.4 Å². The molecule has 0 spiro atoms. The standard InChI is InChI=1S/C12H13ClN2O3/c13-9-4-3-8(7-14-9)10(16)15-12(11(17)18)5-1-2-6-12/h3-4,7H,1-2,5-6H2,(H,15,16)(H,17,18). The van der Waals surface area contributed by atoms with Crippen molar-refractivity contribution in [3.63, 3.8) is 0 Å². The van der Waals surface area contributed by atoms with Crippen LogP contribution in [-0.2, 0) is 4.79 Å². The van der Waals surface area contributed by atoms with Crippen LogP contribution in [0.25, 0.3) is 0 Å². The minimum atomic E-state index is -1.13. The summed E-state index contributed by atoms with van der Waals surface area (Å²) >= 11 is 5.63. The lowest BCUT2D eigenvalue weighted by Crippen LogP contribution is -2.52. The molecule has 1 aliphatic carbocycles. The maximum Gasteiger partial charge on any atom is 0.329 e. The Hall–Kier alpha value is -1.62. The van der Waals surface area contributed by atoms with E-state index in [-0.39, 0.29) is 0 Å². The van der Waals surface area contributed by atoms with E-state index in [1.54, 1.807) is 0 Å². The van der Waals surface area contributed by atoms with Gasteiger partial charge in [-0.1, -0.05) is 24.4 Å². The maximum atomic E-state index is 12.0. The first-order valence-electron chi connectivity index (χ1n) is 5.71. The Balaban J connectivity index is 2.15. The highest BCUT2D eigenvalue weighted by atomic mass is 35.5. The third-order valence-corrected chi connectivity index (χ3v) is 3.43. The van der Waals surface area contributed by atoms with Gasteiger partial charge in [0.25, 0.3) is 5.91 Å². The Bertz CT molecular complexity index is 467. The fourth-order valence-corrected chi connectivity index (χ4v) is 2.28. The van der Waals surface area contributed by atoms with E-state index >= 15 is 0 Å². The van der Waals surface area contributed by atoms with E-state index in [0.717, 1.165) is 12.8 Å². The summed E-state index contributed by atoms with van der Waals surface area (Å²) in [4.78, 5) is 27.1. The van der Waals surface area contributed by atoms with Gasteiger partial charge in [0.1, 0.15) is 10.7 Å². The van der Waals surface area contributed by atoms with E-state index < -0.39 is 17.4 Å². The number of nitrogens with zero attached hydrogens (tertiary/aromatic N) is 1. The van der Waals surface area contributed by atoms with Gasteiger partial charge in [-0.25, -0.2) is 9.78 Å². The second-order valence-electron chi connectivity index (χ2n) is 4.42. The second kappa shape index (κ2) is 4.94. The summed E-state index contributed by atoms with van der Waals surface area (Å²) in [5.41, 5.74) is -0.816. The van der Waals surface area contributed by atoms with E-state index in [0.29, 0.717) is 23.6 Å². The first kappa shape index (κ1) is 12.8. The van der Waals surface area contributed by atoms with Crippen LogP contribution in [0.5, 0.6) is 0 Å². The predicted octanol–water partition coefficient (Wildman–Crippen LogP) is 1.86. The zero-order chi connectivity index (χ0) is 13.2. The highest BCUT2D eigenvalue weighted by molar-refractivity contribution is 6.29. The lowest BCUT2D eigenvalue weighted by Gasteiger charge is -2.25. The normalized spacial score (nSPS) is 17.4. The first-order chi connectivity index (χ1) is 8.53. The molecule has 0 atom stereocenters. The number of pyridine rings is 1. The zero-order valence-electron chi connectivity index (χ0n) is 9.65. The summed E-state index contributed by atoms with van der Waals surface area (Å²) in [6, 6.07) is 3.02. The Labute approximate surface area is 109 Å². The van der Waals surface area contributed by atoms with Crippen molar-refractivity contribution in [1.82, 2.24) is 10.3 Å². The van der Waals surface area contributed by atoms with Crippen molar-refractivity contribution in [1.29, 1.82) is 0 Å². The van der Waals surface area contributed by atoms with Gasteiger partial charge in [-0.05, 0) is 25.0 Å². The van der Waals surface area contributed by atoms with Gasteiger partial charge >= 0.3 is 5.97 Å². The molecular weight excluding hydrogens is 256 g/mol. The smallest absolute Gasteiger partial charge is 0.329 e. The molecule has 18 heavy (non-hydrogen) atoms. The molecule has 1 amide bonds. The molecule has 0 aliphatic heterocycles. The molecule has 1 aromatic heterocycles. The number of hydrogen-bond donors (Lipinski definition) is 2. The number of rotatable bonds is 3. The van der Waals surface area contributed by atoms with Crippen molar-refractivity contribution in [2.24, 2.45) is 0 Å². The highest BCUT2D eigenvalue weighted by Gasteiger charge is 2.42. The van der Waals surface area contributed by atoms with Crippen LogP contribution in [0.4, 0.5) is 0 Å². The topological polar surface area (TPSA) is 79.3 Å². The number of carbonyl (C=O) groups is 2. The third-order valence-electron chi connectivity index (χ3n) is 3.21. The van der Waals surface area contributed by atoms with Crippen LogP contribution in [0.1, 0.15) is 36.0 Å². The fraction of sp³-hybridized carbons (Fsp3) is 0.417. The number of aromatic nitrogens is 1. The van der Waals surface area contributed by atoms with Crippen molar-refractivity contribution in [3.8, 4) is 0 Å². The van der Waals surface area contributed by atoms with E-state index in [9.17, 15) is 14.7 Å². The minimum absolute atomic E-state index is 0.292. The Morgan fingerprint density at radius 2 is 2.00 bits per heavy atom. The molecule has 1 heterocycles. The minimum Gasteiger partial charge on any atom is -0.480 e. The summed E-state index contributed by atoms with van der Waals surface area (Å²) in [6.07, 6.45) is 3.89. The van der Waals surface area contributed by atoms with Crippen LogP contribution in [0, 0.1) is 0 Å². The van der Waals surface area contributed by atoms with E-state index in [1.165, 1.54) is 18.3 Å². The molecule has 1 fully saturated rings. The summed E-state index contributed by atoms with van der Waals surface area (Å²) in [5, 5.41) is 12.2. The van der Waals surface area contributed by atoms with Crippen molar-refractivity contribution in [2.45, 2.75) is 31.2 Å². The lowest BCUT2D eigenvalue weighted by molar-refractivity contribution is -0.144. The molecule has 0 saturated heterocycles. The number of halogens is 1. The van der Waals surface area contributed by atoms with E-state index in [4.69, 9.17) is 11.6 Å². The molecule has 96 valence electrons. The van der Waals surface area contributed by atoms with Gasteiger partial charge in [0.15, 0.2) is 0 Å². The summed E-state index contributed by atoms with van der Waals surface area (Å²) in [5.74, 6) is -1.40. The van der Waals surface area contributed by atoms with Crippen molar-refractivity contribution >= 4 is 23.5 Å². The molecule has 0 radical (unpaired) electrons. The molecule has 1 aromatic rings. The molecule has 1 aliphatic rings.